The van der Waals surface area contributed by atoms with Crippen LogP contribution in [0.1, 0.15) is 34.7 Å². The summed E-state index contributed by atoms with van der Waals surface area (Å²) >= 11 is 8.55. The zero-order valence-electron chi connectivity index (χ0n) is 11.3. The first-order valence-electron chi connectivity index (χ1n) is 6.47. The van der Waals surface area contributed by atoms with Crippen molar-refractivity contribution in [1.29, 1.82) is 0 Å². The van der Waals surface area contributed by atoms with Crippen LogP contribution < -0.4 is 5.32 Å². The topological polar surface area (TPSA) is 12.0 Å². The van der Waals surface area contributed by atoms with Gasteiger partial charge in [-0.25, -0.2) is 4.39 Å². The van der Waals surface area contributed by atoms with Gasteiger partial charge in [-0.05, 0) is 75.5 Å². The number of nitrogens with one attached hydrogen (secondary N) is 1. The van der Waals surface area contributed by atoms with E-state index in [2.05, 4.69) is 57.1 Å². The lowest BCUT2D eigenvalue weighted by atomic mass is 10.0. The summed E-state index contributed by atoms with van der Waals surface area (Å²) in [6.45, 7) is 5.10. The van der Waals surface area contributed by atoms with Gasteiger partial charge in [0, 0.05) is 14.2 Å². The smallest absolute Gasteiger partial charge is 0.137 e. The molecule has 0 amide bonds. The molecule has 1 atom stereocenters. The minimum Gasteiger partial charge on any atom is -0.306 e. The second kappa shape index (κ2) is 7.16. The summed E-state index contributed by atoms with van der Waals surface area (Å²) in [6, 6.07) is 7.45. The fourth-order valence-electron chi connectivity index (χ4n) is 2.04. The largest absolute Gasteiger partial charge is 0.306 e. The van der Waals surface area contributed by atoms with Crippen molar-refractivity contribution in [1.82, 2.24) is 5.32 Å². The van der Waals surface area contributed by atoms with E-state index in [0.717, 1.165) is 23.0 Å². The maximum Gasteiger partial charge on any atom is 0.137 e. The van der Waals surface area contributed by atoms with Crippen LogP contribution in [0.15, 0.2) is 33.2 Å². The minimum absolute atomic E-state index is 0.0191. The summed E-state index contributed by atoms with van der Waals surface area (Å²) < 4.78 is 15.4. The molecule has 0 fully saturated rings. The molecule has 1 aromatic heterocycles. The van der Waals surface area contributed by atoms with Gasteiger partial charge in [0.25, 0.3) is 0 Å². The second-order valence-corrected chi connectivity index (χ2v) is 7.63. The molecule has 0 saturated heterocycles. The second-order valence-electron chi connectivity index (χ2n) is 4.63. The molecular weight excluding hydrogens is 405 g/mol. The molecule has 0 aliphatic heterocycles. The van der Waals surface area contributed by atoms with E-state index < -0.39 is 0 Å². The lowest BCUT2D eigenvalue weighted by Gasteiger charge is -2.19. The minimum atomic E-state index is -0.227. The molecule has 0 aliphatic carbocycles. The first-order valence-corrected chi connectivity index (χ1v) is 8.87. The first kappa shape index (κ1) is 16.1. The van der Waals surface area contributed by atoms with Gasteiger partial charge in [0.15, 0.2) is 0 Å². The van der Waals surface area contributed by atoms with E-state index in [1.165, 1.54) is 9.75 Å². The molecule has 1 unspecified atom stereocenters. The number of halogens is 3. The average molecular weight is 421 g/mol. The van der Waals surface area contributed by atoms with E-state index in [1.54, 1.807) is 23.5 Å². The summed E-state index contributed by atoms with van der Waals surface area (Å²) in [5, 5.41) is 3.50. The molecule has 0 bridgehead atoms. The van der Waals surface area contributed by atoms with Crippen LogP contribution in [0.4, 0.5) is 4.39 Å². The van der Waals surface area contributed by atoms with Crippen LogP contribution in [0.5, 0.6) is 0 Å². The van der Waals surface area contributed by atoms with Crippen molar-refractivity contribution in [3.05, 3.63) is 54.3 Å². The normalized spacial score (nSPS) is 12.7. The standard InChI is InChI=1S/C15H16Br2FNS/c1-3-6-19-14(15-12(17)7-9(2)20-15)10-4-5-11(16)13(18)8-10/h4-5,7-8,14,19H,3,6H2,1-2H3. The molecule has 1 aromatic carbocycles. The maximum atomic E-state index is 13.8. The molecule has 2 aromatic rings. The van der Waals surface area contributed by atoms with Gasteiger partial charge >= 0.3 is 0 Å². The third-order valence-electron chi connectivity index (χ3n) is 2.97. The Hall–Kier alpha value is -0.230. The SMILES string of the molecule is CCCNC(c1ccc(Br)c(F)c1)c1sc(C)cc1Br. The van der Waals surface area contributed by atoms with Crippen molar-refractivity contribution in [3.63, 3.8) is 0 Å². The van der Waals surface area contributed by atoms with Crippen LogP contribution in [0.2, 0.25) is 0 Å². The van der Waals surface area contributed by atoms with Crippen molar-refractivity contribution in [2.75, 3.05) is 6.54 Å². The van der Waals surface area contributed by atoms with Gasteiger partial charge in [0.2, 0.25) is 0 Å². The predicted octanol–water partition coefficient (Wildman–Crippen LogP) is 5.81. The Kier molecular flexibility index (Phi) is 5.78. The van der Waals surface area contributed by atoms with Gasteiger partial charge in [0.05, 0.1) is 10.5 Å². The number of benzene rings is 1. The predicted molar refractivity (Wildman–Crippen MR) is 91.0 cm³/mol. The molecule has 0 saturated carbocycles. The van der Waals surface area contributed by atoms with Gasteiger partial charge in [0.1, 0.15) is 5.82 Å². The third-order valence-corrected chi connectivity index (χ3v) is 5.65. The average Bonchev–Trinajstić information content (AvgIpc) is 2.73. The summed E-state index contributed by atoms with van der Waals surface area (Å²) in [7, 11) is 0. The van der Waals surface area contributed by atoms with Crippen LogP contribution in [0, 0.1) is 12.7 Å². The zero-order valence-corrected chi connectivity index (χ0v) is 15.3. The van der Waals surface area contributed by atoms with Gasteiger partial charge in [-0.2, -0.15) is 0 Å². The van der Waals surface area contributed by atoms with E-state index in [-0.39, 0.29) is 11.9 Å². The van der Waals surface area contributed by atoms with Gasteiger partial charge in [-0.3, -0.25) is 0 Å². The molecule has 0 radical (unpaired) electrons. The highest BCUT2D eigenvalue weighted by atomic mass is 79.9. The summed E-state index contributed by atoms with van der Waals surface area (Å²) in [5.74, 6) is -0.227. The number of aryl methyl sites for hydroxylation is 1. The van der Waals surface area contributed by atoms with Crippen LogP contribution in [-0.2, 0) is 0 Å². The molecule has 2 rings (SSSR count). The molecule has 1 heterocycles. The lowest BCUT2D eigenvalue weighted by Crippen LogP contribution is -2.22. The Labute approximate surface area is 139 Å². The summed E-state index contributed by atoms with van der Waals surface area (Å²) in [6.07, 6.45) is 1.04. The maximum absolute atomic E-state index is 13.8. The van der Waals surface area contributed by atoms with E-state index in [9.17, 15) is 4.39 Å². The Morgan fingerprint density at radius 2 is 2.00 bits per heavy atom. The quantitative estimate of drug-likeness (QED) is 0.643. The molecular formula is C15H16Br2FNS. The monoisotopic (exact) mass is 419 g/mol. The zero-order chi connectivity index (χ0) is 14.7. The number of hydrogen-bond donors (Lipinski definition) is 1. The van der Waals surface area contributed by atoms with Crippen LogP contribution in [-0.4, -0.2) is 6.54 Å². The van der Waals surface area contributed by atoms with Gasteiger partial charge in [-0.15, -0.1) is 11.3 Å². The molecule has 0 spiro atoms. The van der Waals surface area contributed by atoms with E-state index in [0.29, 0.717) is 4.47 Å². The van der Waals surface area contributed by atoms with Gasteiger partial charge < -0.3 is 5.32 Å². The van der Waals surface area contributed by atoms with Crippen molar-refractivity contribution in [2.24, 2.45) is 0 Å². The Balaban J connectivity index is 2.41. The number of rotatable bonds is 5. The molecule has 1 N–H and O–H groups in total. The number of thiophene rings is 1. The van der Waals surface area contributed by atoms with E-state index in [1.807, 2.05) is 6.07 Å². The van der Waals surface area contributed by atoms with Crippen molar-refractivity contribution < 1.29 is 4.39 Å². The van der Waals surface area contributed by atoms with Gasteiger partial charge in [-0.1, -0.05) is 13.0 Å². The van der Waals surface area contributed by atoms with E-state index >= 15 is 0 Å². The fraction of sp³-hybridized carbons (Fsp3) is 0.333. The first-order chi connectivity index (χ1) is 9.52. The highest BCUT2D eigenvalue weighted by Crippen LogP contribution is 2.36. The Morgan fingerprint density at radius 1 is 1.25 bits per heavy atom. The highest BCUT2D eigenvalue weighted by Gasteiger charge is 2.19. The highest BCUT2D eigenvalue weighted by molar-refractivity contribution is 9.10. The molecule has 1 nitrogen and oxygen atoms in total. The van der Waals surface area contributed by atoms with E-state index in [4.69, 9.17) is 0 Å². The van der Waals surface area contributed by atoms with Crippen molar-refractivity contribution in [3.8, 4) is 0 Å². The molecule has 108 valence electrons. The molecule has 5 heteroatoms. The van der Waals surface area contributed by atoms with Crippen LogP contribution in [0.25, 0.3) is 0 Å². The third kappa shape index (κ3) is 3.70. The van der Waals surface area contributed by atoms with Crippen molar-refractivity contribution >= 4 is 43.2 Å². The van der Waals surface area contributed by atoms with Crippen LogP contribution in [0.3, 0.4) is 0 Å². The summed E-state index contributed by atoms with van der Waals surface area (Å²) in [4.78, 5) is 2.44. The fourth-order valence-corrected chi connectivity index (χ4v) is 4.27. The summed E-state index contributed by atoms with van der Waals surface area (Å²) in [5.41, 5.74) is 0.946. The Morgan fingerprint density at radius 3 is 2.55 bits per heavy atom. The molecule has 0 aliphatic rings. The Bertz CT molecular complexity index is 598. The van der Waals surface area contributed by atoms with Crippen LogP contribution >= 0.6 is 43.2 Å². The molecule has 20 heavy (non-hydrogen) atoms. The lowest BCUT2D eigenvalue weighted by molar-refractivity contribution is 0.587. The number of hydrogen-bond acceptors (Lipinski definition) is 2. The van der Waals surface area contributed by atoms with Crippen molar-refractivity contribution in [2.45, 2.75) is 26.3 Å².